The Kier molecular flexibility index (Phi) is 5.81. The van der Waals surface area contributed by atoms with Crippen LogP contribution in [-0.2, 0) is 14.3 Å². The highest BCUT2D eigenvalue weighted by molar-refractivity contribution is 5.76. The maximum absolute atomic E-state index is 12.9. The normalized spacial score (nSPS) is 57.3. The summed E-state index contributed by atoms with van der Waals surface area (Å²) in [5.41, 5.74) is 0.690. The minimum absolute atomic E-state index is 0.0108. The van der Waals surface area contributed by atoms with E-state index >= 15 is 0 Å². The number of aliphatic carboxylic acids is 1. The summed E-state index contributed by atoms with van der Waals surface area (Å²) in [5, 5.41) is 22.2. The third-order valence-electron chi connectivity index (χ3n) is 14.3. The summed E-state index contributed by atoms with van der Waals surface area (Å²) in [6.45, 7) is 19.0. The predicted molar refractivity (Wildman–Crippen MR) is 147 cm³/mol. The van der Waals surface area contributed by atoms with Crippen LogP contribution in [0.2, 0.25) is 0 Å². The molecule has 1 aliphatic heterocycles. The van der Waals surface area contributed by atoms with Crippen LogP contribution in [0.4, 0.5) is 0 Å². The quantitative estimate of drug-likeness (QED) is 0.365. The van der Waals surface area contributed by atoms with Gasteiger partial charge in [-0.2, -0.15) is 0 Å². The maximum Gasteiger partial charge on any atom is 0.310 e. The van der Waals surface area contributed by atoms with Gasteiger partial charge in [0.2, 0.25) is 0 Å². The Morgan fingerprint density at radius 3 is 2.34 bits per heavy atom. The van der Waals surface area contributed by atoms with Crippen LogP contribution in [0.25, 0.3) is 0 Å². The Morgan fingerprint density at radius 1 is 0.947 bits per heavy atom. The molecule has 5 heteroatoms. The van der Waals surface area contributed by atoms with Crippen LogP contribution in [-0.4, -0.2) is 40.8 Å². The van der Waals surface area contributed by atoms with Gasteiger partial charge in [0, 0.05) is 5.41 Å². The fourth-order valence-electron chi connectivity index (χ4n) is 11.9. The molecule has 5 aliphatic carbocycles. The molecular weight excluding hydrogens is 476 g/mol. The Hall–Kier alpha value is -0.910. The molecule has 6 aliphatic rings. The second kappa shape index (κ2) is 8.10. The number of fused-ring (bicyclic) bond motifs is 9. The monoisotopic (exact) mass is 528 g/mol. The zero-order valence-electron chi connectivity index (χ0n) is 25.1. The van der Waals surface area contributed by atoms with E-state index in [1.54, 1.807) is 0 Å². The van der Waals surface area contributed by atoms with Gasteiger partial charge in [0.1, 0.15) is 0 Å². The van der Waals surface area contributed by atoms with E-state index in [0.717, 1.165) is 51.4 Å². The van der Waals surface area contributed by atoms with Gasteiger partial charge < -0.3 is 19.7 Å². The van der Waals surface area contributed by atoms with Gasteiger partial charge in [-0.15, -0.1) is 0 Å². The minimum atomic E-state index is -0.662. The van der Waals surface area contributed by atoms with Crippen LogP contribution in [0, 0.1) is 56.7 Å². The highest BCUT2D eigenvalue weighted by Crippen LogP contribution is 2.76. The molecule has 3 unspecified atom stereocenters. The molecule has 5 fully saturated rings. The fraction of sp³-hybridized carbons (Fsp3) is 0.909. The number of allylic oxidation sites excluding steroid dienone is 2. The maximum atomic E-state index is 12.9. The second-order valence-corrected chi connectivity index (χ2v) is 16.1. The van der Waals surface area contributed by atoms with Gasteiger partial charge >= 0.3 is 5.97 Å². The first kappa shape index (κ1) is 27.3. The lowest BCUT2D eigenvalue weighted by Gasteiger charge is -2.72. The van der Waals surface area contributed by atoms with Gasteiger partial charge in [0.05, 0.1) is 24.2 Å². The topological polar surface area (TPSA) is 76.0 Å². The van der Waals surface area contributed by atoms with Crippen molar-refractivity contribution in [1.29, 1.82) is 0 Å². The molecule has 0 spiro atoms. The molecule has 6 rings (SSSR count). The molecule has 5 nitrogen and oxygen atoms in total. The van der Waals surface area contributed by atoms with Crippen LogP contribution >= 0.6 is 0 Å². The third kappa shape index (κ3) is 3.19. The average Bonchev–Trinajstić information content (AvgIpc) is 2.82. The summed E-state index contributed by atoms with van der Waals surface area (Å²) < 4.78 is 12.7. The lowest BCUT2D eigenvalue weighted by atomic mass is 9.33. The van der Waals surface area contributed by atoms with Crippen LogP contribution in [0.1, 0.15) is 107 Å². The van der Waals surface area contributed by atoms with Crippen molar-refractivity contribution in [3.8, 4) is 0 Å². The van der Waals surface area contributed by atoms with E-state index in [1.807, 2.05) is 13.8 Å². The Bertz CT molecular complexity index is 1050. The van der Waals surface area contributed by atoms with E-state index in [2.05, 4.69) is 47.6 Å². The van der Waals surface area contributed by atoms with E-state index in [4.69, 9.17) is 9.47 Å². The first-order chi connectivity index (χ1) is 17.6. The number of hydrogen-bond donors (Lipinski definition) is 2. The van der Waals surface area contributed by atoms with E-state index in [0.29, 0.717) is 30.3 Å². The van der Waals surface area contributed by atoms with Gasteiger partial charge in [-0.1, -0.05) is 53.2 Å². The fourth-order valence-corrected chi connectivity index (χ4v) is 11.9. The molecule has 2 N–H and O–H groups in total. The molecule has 1 heterocycles. The summed E-state index contributed by atoms with van der Waals surface area (Å²) >= 11 is 0. The first-order valence-electron chi connectivity index (χ1n) is 15.5. The van der Waals surface area contributed by atoms with E-state index in [-0.39, 0.29) is 33.7 Å². The summed E-state index contributed by atoms with van der Waals surface area (Å²) in [5.74, 6) is 0.702. The molecule has 0 amide bonds. The highest BCUT2D eigenvalue weighted by atomic mass is 16.7. The van der Waals surface area contributed by atoms with Gasteiger partial charge in [-0.3, -0.25) is 4.79 Å². The molecule has 4 saturated carbocycles. The van der Waals surface area contributed by atoms with Crippen LogP contribution < -0.4 is 0 Å². The molecule has 214 valence electrons. The minimum Gasteiger partial charge on any atom is -0.481 e. The van der Waals surface area contributed by atoms with Gasteiger partial charge in [-0.05, 0) is 111 Å². The molecule has 0 aromatic carbocycles. The number of rotatable bonds is 1. The number of ether oxygens (including phenoxy) is 2. The van der Waals surface area contributed by atoms with Crippen molar-refractivity contribution in [3.05, 3.63) is 11.6 Å². The summed E-state index contributed by atoms with van der Waals surface area (Å²) in [7, 11) is 0. The highest BCUT2D eigenvalue weighted by Gasteiger charge is 2.71. The predicted octanol–water partition coefficient (Wildman–Crippen LogP) is 6.83. The number of hydrogen-bond acceptors (Lipinski definition) is 4. The summed E-state index contributed by atoms with van der Waals surface area (Å²) in [6.07, 6.45) is 9.41. The molecule has 0 aromatic heterocycles. The van der Waals surface area contributed by atoms with Crippen molar-refractivity contribution < 1.29 is 24.5 Å². The van der Waals surface area contributed by atoms with Crippen molar-refractivity contribution in [1.82, 2.24) is 0 Å². The SMILES string of the molecule is C[C@@H]1CC[C@]2(C(=O)O)CC[C@]3(C)C(=CCC4[C@@]5(C)C[C@@H](O)[C@@H]6OC(C)(C)OC[C@@]6(C)C5CC[C@]43C)C2[C@H]1C. The summed E-state index contributed by atoms with van der Waals surface area (Å²) in [6, 6.07) is 0. The second-order valence-electron chi connectivity index (χ2n) is 16.1. The molecule has 12 atom stereocenters. The number of carboxylic acid groups (broad SMARTS) is 1. The van der Waals surface area contributed by atoms with Crippen molar-refractivity contribution >= 4 is 5.97 Å². The number of carbonyl (C=O) groups is 1. The largest absolute Gasteiger partial charge is 0.481 e. The van der Waals surface area contributed by atoms with Crippen LogP contribution in [0.15, 0.2) is 11.6 Å². The number of aliphatic hydroxyl groups excluding tert-OH is 1. The van der Waals surface area contributed by atoms with Crippen molar-refractivity contribution in [3.63, 3.8) is 0 Å². The lowest BCUT2D eigenvalue weighted by Crippen LogP contribution is -2.70. The third-order valence-corrected chi connectivity index (χ3v) is 14.3. The molecule has 0 bridgehead atoms. The number of aliphatic hydroxyl groups is 1. The van der Waals surface area contributed by atoms with E-state index in [9.17, 15) is 15.0 Å². The van der Waals surface area contributed by atoms with E-state index < -0.39 is 23.3 Å². The Labute approximate surface area is 230 Å². The average molecular weight is 529 g/mol. The van der Waals surface area contributed by atoms with Crippen molar-refractivity contribution in [2.24, 2.45) is 56.7 Å². The number of carboxylic acids is 1. The van der Waals surface area contributed by atoms with Crippen LogP contribution in [0.3, 0.4) is 0 Å². The molecular formula is C33H52O5. The first-order valence-corrected chi connectivity index (χ1v) is 15.5. The lowest BCUT2D eigenvalue weighted by molar-refractivity contribution is -0.368. The molecule has 38 heavy (non-hydrogen) atoms. The summed E-state index contributed by atoms with van der Waals surface area (Å²) in [4.78, 5) is 12.9. The van der Waals surface area contributed by atoms with Crippen LogP contribution in [0.5, 0.6) is 0 Å². The van der Waals surface area contributed by atoms with Crippen molar-refractivity contribution in [2.75, 3.05) is 6.61 Å². The zero-order chi connectivity index (χ0) is 27.7. The molecule has 0 radical (unpaired) electrons. The standard InChI is InChI=1S/C33H52O5/c1-19-11-14-33(27(35)36)16-15-31(7)21(25(33)20(19)2)9-10-24-29(5)17-22(34)26-30(6,18-37-28(3,4)38-26)23(29)12-13-32(24,31)8/h9,19-20,22-26,34H,10-18H2,1-8H3,(H,35,36)/t19-,20+,22-,23?,24?,25?,26+,29+,30+,31-,32-,33+/m1/s1. The van der Waals surface area contributed by atoms with Gasteiger partial charge in [-0.25, -0.2) is 0 Å². The van der Waals surface area contributed by atoms with E-state index in [1.165, 1.54) is 5.57 Å². The molecule has 1 saturated heterocycles. The smallest absolute Gasteiger partial charge is 0.310 e. The van der Waals surface area contributed by atoms with Gasteiger partial charge in [0.25, 0.3) is 0 Å². The molecule has 0 aromatic rings. The van der Waals surface area contributed by atoms with Gasteiger partial charge in [0.15, 0.2) is 5.79 Å². The zero-order valence-corrected chi connectivity index (χ0v) is 25.1. The Balaban J connectivity index is 1.42. The van der Waals surface area contributed by atoms with Crippen molar-refractivity contribution in [2.45, 2.75) is 125 Å². The Morgan fingerprint density at radius 2 is 1.66 bits per heavy atom.